The summed E-state index contributed by atoms with van der Waals surface area (Å²) in [4.78, 5) is 12.3. The lowest BCUT2D eigenvalue weighted by atomic mass is 10.2. The van der Waals surface area contributed by atoms with E-state index in [-0.39, 0.29) is 18.0 Å². The topological polar surface area (TPSA) is 60.0 Å². The standard InChI is InChI=1S/C12H19N3OS/c1-4-8(2)14-12(16)9(3)15-7-5-6-10(15)11(13)17/h5-9H,4H2,1-3H3,(H2,13,17)(H,14,16). The summed E-state index contributed by atoms with van der Waals surface area (Å²) in [6, 6.07) is 3.51. The maximum atomic E-state index is 12.0. The molecule has 0 saturated carbocycles. The number of amides is 1. The van der Waals surface area contributed by atoms with Crippen molar-refractivity contribution in [2.75, 3.05) is 0 Å². The average molecular weight is 253 g/mol. The maximum Gasteiger partial charge on any atom is 0.242 e. The number of thiocarbonyl (C=S) groups is 1. The predicted octanol–water partition coefficient (Wildman–Crippen LogP) is 1.60. The molecule has 17 heavy (non-hydrogen) atoms. The summed E-state index contributed by atoms with van der Waals surface area (Å²) in [5.74, 6) is -0.0203. The Morgan fingerprint density at radius 3 is 2.76 bits per heavy atom. The van der Waals surface area contributed by atoms with Gasteiger partial charge in [-0.2, -0.15) is 0 Å². The lowest BCUT2D eigenvalue weighted by Crippen LogP contribution is -2.37. The SMILES string of the molecule is CCC(C)NC(=O)C(C)n1cccc1C(N)=S. The number of hydrogen-bond donors (Lipinski definition) is 2. The molecule has 0 bridgehead atoms. The van der Waals surface area contributed by atoms with Crippen molar-refractivity contribution in [2.45, 2.75) is 39.3 Å². The van der Waals surface area contributed by atoms with Gasteiger partial charge in [-0.15, -0.1) is 0 Å². The summed E-state index contributed by atoms with van der Waals surface area (Å²) >= 11 is 4.94. The highest BCUT2D eigenvalue weighted by Gasteiger charge is 2.18. The molecule has 5 heteroatoms. The van der Waals surface area contributed by atoms with Crippen LogP contribution in [0.2, 0.25) is 0 Å². The van der Waals surface area contributed by atoms with Gasteiger partial charge in [-0.3, -0.25) is 4.79 Å². The van der Waals surface area contributed by atoms with E-state index < -0.39 is 0 Å². The molecule has 1 amide bonds. The summed E-state index contributed by atoms with van der Waals surface area (Å²) in [6.07, 6.45) is 2.72. The Balaban J connectivity index is 2.81. The molecule has 0 aliphatic carbocycles. The van der Waals surface area contributed by atoms with E-state index in [9.17, 15) is 4.79 Å². The van der Waals surface area contributed by atoms with Crippen LogP contribution in [0.5, 0.6) is 0 Å². The molecule has 1 heterocycles. The van der Waals surface area contributed by atoms with Crippen molar-refractivity contribution >= 4 is 23.1 Å². The Labute approximate surface area is 107 Å². The number of nitrogens with two attached hydrogens (primary N) is 1. The summed E-state index contributed by atoms with van der Waals surface area (Å²) in [6.45, 7) is 5.85. The van der Waals surface area contributed by atoms with Crippen LogP contribution in [-0.4, -0.2) is 21.5 Å². The predicted molar refractivity (Wildman–Crippen MR) is 72.9 cm³/mol. The van der Waals surface area contributed by atoms with Crippen LogP contribution in [-0.2, 0) is 4.79 Å². The number of hydrogen-bond acceptors (Lipinski definition) is 2. The largest absolute Gasteiger partial charge is 0.388 e. The number of aromatic nitrogens is 1. The first kappa shape index (κ1) is 13.7. The number of rotatable bonds is 5. The van der Waals surface area contributed by atoms with Crippen molar-refractivity contribution in [1.82, 2.24) is 9.88 Å². The molecule has 4 nitrogen and oxygen atoms in total. The van der Waals surface area contributed by atoms with Gasteiger partial charge in [0.25, 0.3) is 0 Å². The molecule has 3 N–H and O–H groups in total. The van der Waals surface area contributed by atoms with Crippen molar-refractivity contribution in [3.05, 3.63) is 24.0 Å². The van der Waals surface area contributed by atoms with Crippen LogP contribution in [0.1, 0.15) is 38.9 Å². The Bertz CT molecular complexity index is 414. The molecule has 0 radical (unpaired) electrons. The summed E-state index contributed by atoms with van der Waals surface area (Å²) < 4.78 is 1.79. The van der Waals surface area contributed by atoms with Gasteiger partial charge < -0.3 is 15.6 Å². The van der Waals surface area contributed by atoms with E-state index in [1.54, 1.807) is 4.57 Å². The lowest BCUT2D eigenvalue weighted by Gasteiger charge is -2.19. The van der Waals surface area contributed by atoms with E-state index >= 15 is 0 Å². The van der Waals surface area contributed by atoms with Gasteiger partial charge in [0.1, 0.15) is 11.0 Å². The zero-order valence-electron chi connectivity index (χ0n) is 10.4. The number of nitrogens with one attached hydrogen (secondary N) is 1. The Morgan fingerprint density at radius 2 is 2.24 bits per heavy atom. The fourth-order valence-corrected chi connectivity index (χ4v) is 1.71. The van der Waals surface area contributed by atoms with Crippen molar-refractivity contribution in [3.8, 4) is 0 Å². The van der Waals surface area contributed by atoms with Crippen LogP contribution in [0, 0.1) is 0 Å². The molecule has 0 fully saturated rings. The molecule has 0 saturated heterocycles. The third-order valence-electron chi connectivity index (χ3n) is 2.83. The highest BCUT2D eigenvalue weighted by molar-refractivity contribution is 7.80. The monoisotopic (exact) mass is 253 g/mol. The number of carbonyl (C=O) groups excluding carboxylic acids is 1. The van der Waals surface area contributed by atoms with Gasteiger partial charge in [0, 0.05) is 12.2 Å². The van der Waals surface area contributed by atoms with Crippen LogP contribution in [0.15, 0.2) is 18.3 Å². The molecule has 0 spiro atoms. The zero-order chi connectivity index (χ0) is 13.0. The molecule has 1 aromatic rings. The summed E-state index contributed by atoms with van der Waals surface area (Å²) in [5, 5.41) is 2.94. The van der Waals surface area contributed by atoms with Crippen molar-refractivity contribution < 1.29 is 4.79 Å². The summed E-state index contributed by atoms with van der Waals surface area (Å²) in [7, 11) is 0. The first-order valence-corrected chi connectivity index (χ1v) is 6.15. The van der Waals surface area contributed by atoms with Crippen LogP contribution in [0.25, 0.3) is 0 Å². The Kier molecular flexibility index (Phi) is 4.69. The van der Waals surface area contributed by atoms with Gasteiger partial charge in [-0.05, 0) is 32.4 Å². The second kappa shape index (κ2) is 5.82. The van der Waals surface area contributed by atoms with E-state index in [0.717, 1.165) is 6.42 Å². The molecule has 1 aromatic heterocycles. The Hall–Kier alpha value is -1.36. The molecule has 94 valence electrons. The third kappa shape index (κ3) is 3.30. The van der Waals surface area contributed by atoms with E-state index in [2.05, 4.69) is 5.32 Å². The maximum absolute atomic E-state index is 12.0. The minimum Gasteiger partial charge on any atom is -0.388 e. The molecule has 1 rings (SSSR count). The second-order valence-electron chi connectivity index (χ2n) is 4.16. The highest BCUT2D eigenvalue weighted by Crippen LogP contribution is 2.12. The number of nitrogens with zero attached hydrogens (tertiary/aromatic N) is 1. The molecular formula is C12H19N3OS. The van der Waals surface area contributed by atoms with E-state index in [4.69, 9.17) is 18.0 Å². The van der Waals surface area contributed by atoms with E-state index in [0.29, 0.717) is 10.7 Å². The second-order valence-corrected chi connectivity index (χ2v) is 4.60. The molecule has 2 atom stereocenters. The smallest absolute Gasteiger partial charge is 0.242 e. The minimum atomic E-state index is -0.310. The van der Waals surface area contributed by atoms with Crippen molar-refractivity contribution in [2.24, 2.45) is 5.73 Å². The van der Waals surface area contributed by atoms with E-state index in [1.807, 2.05) is 39.1 Å². The van der Waals surface area contributed by atoms with Gasteiger partial charge in [-0.25, -0.2) is 0 Å². The number of carbonyl (C=O) groups is 1. The van der Waals surface area contributed by atoms with Crippen LogP contribution >= 0.6 is 12.2 Å². The van der Waals surface area contributed by atoms with Crippen molar-refractivity contribution in [1.29, 1.82) is 0 Å². The molecule has 0 aromatic carbocycles. The van der Waals surface area contributed by atoms with E-state index in [1.165, 1.54) is 0 Å². The first-order valence-electron chi connectivity index (χ1n) is 5.74. The normalized spacial score (nSPS) is 14.1. The Morgan fingerprint density at radius 1 is 1.59 bits per heavy atom. The van der Waals surface area contributed by atoms with Crippen LogP contribution in [0.4, 0.5) is 0 Å². The van der Waals surface area contributed by atoms with Gasteiger partial charge in [0.2, 0.25) is 5.91 Å². The molecular weight excluding hydrogens is 234 g/mol. The minimum absolute atomic E-state index is 0.0203. The summed E-state index contributed by atoms with van der Waals surface area (Å²) in [5.41, 5.74) is 6.32. The van der Waals surface area contributed by atoms with Gasteiger partial charge in [0.05, 0.1) is 5.69 Å². The fraction of sp³-hybridized carbons (Fsp3) is 0.500. The van der Waals surface area contributed by atoms with Crippen LogP contribution < -0.4 is 11.1 Å². The lowest BCUT2D eigenvalue weighted by molar-refractivity contribution is -0.124. The molecule has 0 aliphatic heterocycles. The molecule has 2 unspecified atom stereocenters. The van der Waals surface area contributed by atoms with Crippen LogP contribution in [0.3, 0.4) is 0 Å². The highest BCUT2D eigenvalue weighted by atomic mass is 32.1. The quantitative estimate of drug-likeness (QED) is 0.784. The average Bonchev–Trinajstić information content (AvgIpc) is 2.76. The fourth-order valence-electron chi connectivity index (χ4n) is 1.53. The third-order valence-corrected chi connectivity index (χ3v) is 3.04. The molecule has 0 aliphatic rings. The zero-order valence-corrected chi connectivity index (χ0v) is 11.3. The van der Waals surface area contributed by atoms with Gasteiger partial charge in [-0.1, -0.05) is 19.1 Å². The van der Waals surface area contributed by atoms with Gasteiger partial charge in [0.15, 0.2) is 0 Å². The first-order chi connectivity index (χ1) is 7.97. The van der Waals surface area contributed by atoms with Gasteiger partial charge >= 0.3 is 0 Å². The van der Waals surface area contributed by atoms with Crippen molar-refractivity contribution in [3.63, 3.8) is 0 Å².